The van der Waals surface area contributed by atoms with E-state index < -0.39 is 6.10 Å². The third-order valence-corrected chi connectivity index (χ3v) is 7.14. The first-order valence-corrected chi connectivity index (χ1v) is 12.7. The van der Waals surface area contributed by atoms with Crippen LogP contribution in [0.4, 0.5) is 5.69 Å². The lowest BCUT2D eigenvalue weighted by Gasteiger charge is -2.19. The van der Waals surface area contributed by atoms with Crippen LogP contribution in [0.2, 0.25) is 0 Å². The molecule has 6 nitrogen and oxygen atoms in total. The Morgan fingerprint density at radius 2 is 1.83 bits per heavy atom. The molecule has 1 aliphatic heterocycles. The van der Waals surface area contributed by atoms with Crippen molar-refractivity contribution in [3.05, 3.63) is 89.2 Å². The van der Waals surface area contributed by atoms with E-state index in [0.717, 1.165) is 40.3 Å². The molecule has 2 heterocycles. The maximum atomic E-state index is 13.0. The molecule has 186 valence electrons. The summed E-state index contributed by atoms with van der Waals surface area (Å²) in [6.45, 7) is 7.33. The number of imidazole rings is 1. The number of aliphatic hydroxyl groups is 1. The van der Waals surface area contributed by atoms with Crippen molar-refractivity contribution in [1.29, 1.82) is 0 Å². The number of hydrogen-bond donors (Lipinski definition) is 1. The predicted molar refractivity (Wildman–Crippen MR) is 143 cm³/mol. The first kappa shape index (κ1) is 24.1. The lowest BCUT2D eigenvalue weighted by molar-refractivity contribution is -0.117. The summed E-state index contributed by atoms with van der Waals surface area (Å²) in [4.78, 5) is 19.8. The minimum absolute atomic E-state index is 0.0522. The molecule has 0 radical (unpaired) electrons. The van der Waals surface area contributed by atoms with Gasteiger partial charge in [-0.25, -0.2) is 4.98 Å². The summed E-state index contributed by atoms with van der Waals surface area (Å²) in [6, 6.07) is 22.1. The number of aromatic nitrogens is 2. The number of ether oxygens (including phenoxy) is 1. The van der Waals surface area contributed by atoms with E-state index in [1.54, 1.807) is 0 Å². The van der Waals surface area contributed by atoms with Crippen molar-refractivity contribution in [2.45, 2.75) is 52.2 Å². The van der Waals surface area contributed by atoms with Crippen molar-refractivity contribution in [3.8, 4) is 5.75 Å². The average Bonchev–Trinajstić information content (AvgIpc) is 3.45. The molecule has 0 bridgehead atoms. The number of aliphatic hydroxyl groups excluding tert-OH is 1. The Morgan fingerprint density at radius 3 is 2.58 bits per heavy atom. The number of rotatable bonds is 8. The highest BCUT2D eigenvalue weighted by Gasteiger charge is 2.35. The SMILES string of the molecule is CCc1ccc(N2C[C@H](c3nc4ccccc4n3C[C@H](O)COc3ccc(C)c(C)c3)CC2=O)cc1. The van der Waals surface area contributed by atoms with Crippen LogP contribution in [-0.2, 0) is 17.8 Å². The summed E-state index contributed by atoms with van der Waals surface area (Å²) in [5.41, 5.74) is 6.36. The normalized spacial score (nSPS) is 16.6. The number of aryl methyl sites for hydroxylation is 3. The van der Waals surface area contributed by atoms with Gasteiger partial charge in [-0.05, 0) is 73.4 Å². The first-order valence-electron chi connectivity index (χ1n) is 12.7. The van der Waals surface area contributed by atoms with Gasteiger partial charge in [0.15, 0.2) is 0 Å². The number of carbonyl (C=O) groups is 1. The summed E-state index contributed by atoms with van der Waals surface area (Å²) >= 11 is 0. The summed E-state index contributed by atoms with van der Waals surface area (Å²) in [5, 5.41) is 10.9. The van der Waals surface area contributed by atoms with Crippen LogP contribution in [0.1, 0.15) is 41.8 Å². The monoisotopic (exact) mass is 483 g/mol. The van der Waals surface area contributed by atoms with E-state index in [9.17, 15) is 9.90 Å². The number of para-hydroxylation sites is 2. The Kier molecular flexibility index (Phi) is 6.79. The fourth-order valence-corrected chi connectivity index (χ4v) is 4.90. The Labute approximate surface area is 212 Å². The van der Waals surface area contributed by atoms with E-state index in [4.69, 9.17) is 9.72 Å². The van der Waals surface area contributed by atoms with Gasteiger partial charge in [0.05, 0.1) is 17.6 Å². The van der Waals surface area contributed by atoms with E-state index in [-0.39, 0.29) is 18.4 Å². The second-order valence-electron chi connectivity index (χ2n) is 9.71. The van der Waals surface area contributed by atoms with Crippen LogP contribution < -0.4 is 9.64 Å². The zero-order chi connectivity index (χ0) is 25.2. The van der Waals surface area contributed by atoms with Gasteiger partial charge in [0, 0.05) is 24.6 Å². The van der Waals surface area contributed by atoms with Crippen molar-refractivity contribution in [3.63, 3.8) is 0 Å². The number of fused-ring (bicyclic) bond motifs is 1. The highest BCUT2D eigenvalue weighted by atomic mass is 16.5. The highest BCUT2D eigenvalue weighted by molar-refractivity contribution is 5.96. The van der Waals surface area contributed by atoms with E-state index in [2.05, 4.69) is 30.5 Å². The number of nitrogens with zero attached hydrogens (tertiary/aromatic N) is 3. The molecule has 6 heteroatoms. The summed E-state index contributed by atoms with van der Waals surface area (Å²) in [7, 11) is 0. The fourth-order valence-electron chi connectivity index (χ4n) is 4.90. The Hall–Kier alpha value is -3.64. The first-order chi connectivity index (χ1) is 17.4. The maximum absolute atomic E-state index is 13.0. The zero-order valence-corrected chi connectivity index (χ0v) is 21.1. The summed E-state index contributed by atoms with van der Waals surface area (Å²) in [6.07, 6.45) is 0.641. The quantitative estimate of drug-likeness (QED) is 0.375. The molecule has 5 rings (SSSR count). The lowest BCUT2D eigenvalue weighted by Crippen LogP contribution is -2.26. The van der Waals surface area contributed by atoms with Crippen molar-refractivity contribution in [2.75, 3.05) is 18.1 Å². The van der Waals surface area contributed by atoms with Crippen molar-refractivity contribution in [2.24, 2.45) is 0 Å². The van der Waals surface area contributed by atoms with Crippen LogP contribution in [0.5, 0.6) is 5.75 Å². The average molecular weight is 484 g/mol. The molecule has 1 N–H and O–H groups in total. The highest BCUT2D eigenvalue weighted by Crippen LogP contribution is 2.33. The topological polar surface area (TPSA) is 67.6 Å². The Morgan fingerprint density at radius 1 is 1.06 bits per heavy atom. The van der Waals surface area contributed by atoms with Gasteiger partial charge >= 0.3 is 0 Å². The summed E-state index contributed by atoms with van der Waals surface area (Å²) in [5.74, 6) is 1.63. The van der Waals surface area contributed by atoms with Crippen molar-refractivity contribution >= 4 is 22.6 Å². The minimum Gasteiger partial charge on any atom is -0.491 e. The number of anilines is 1. The van der Waals surface area contributed by atoms with Gasteiger partial charge in [-0.2, -0.15) is 0 Å². The van der Waals surface area contributed by atoms with Crippen LogP contribution >= 0.6 is 0 Å². The van der Waals surface area contributed by atoms with Crippen molar-refractivity contribution in [1.82, 2.24) is 9.55 Å². The molecule has 36 heavy (non-hydrogen) atoms. The molecule has 1 amide bonds. The molecule has 4 aromatic rings. The minimum atomic E-state index is -0.724. The van der Waals surface area contributed by atoms with Gasteiger partial charge in [-0.3, -0.25) is 4.79 Å². The van der Waals surface area contributed by atoms with Gasteiger partial charge in [0.1, 0.15) is 24.3 Å². The van der Waals surface area contributed by atoms with Crippen LogP contribution in [0, 0.1) is 13.8 Å². The number of hydrogen-bond acceptors (Lipinski definition) is 4. The van der Waals surface area contributed by atoms with Gasteiger partial charge in [0.2, 0.25) is 5.91 Å². The van der Waals surface area contributed by atoms with E-state index >= 15 is 0 Å². The molecule has 0 spiro atoms. The molecule has 1 fully saturated rings. The van der Waals surface area contributed by atoms with Crippen LogP contribution in [0.25, 0.3) is 11.0 Å². The Bertz CT molecular complexity index is 1380. The van der Waals surface area contributed by atoms with Gasteiger partial charge in [-0.15, -0.1) is 0 Å². The van der Waals surface area contributed by atoms with Gasteiger partial charge in [0.25, 0.3) is 0 Å². The van der Waals surface area contributed by atoms with Gasteiger partial charge in [-0.1, -0.05) is 37.3 Å². The van der Waals surface area contributed by atoms with Crippen LogP contribution in [-0.4, -0.2) is 39.8 Å². The Balaban J connectivity index is 1.36. The zero-order valence-electron chi connectivity index (χ0n) is 21.1. The molecule has 1 saturated heterocycles. The number of benzene rings is 3. The standard InChI is InChI=1S/C30H33N3O3/c1-4-22-10-12-24(13-11-22)32-17-23(16-29(32)35)30-31-27-7-5-6-8-28(27)33(30)18-25(34)19-36-26-14-9-20(2)21(3)15-26/h5-15,23,25,34H,4,16-19H2,1-3H3/t23-,25+/m1/s1. The van der Waals surface area contributed by atoms with E-state index in [1.165, 1.54) is 11.1 Å². The maximum Gasteiger partial charge on any atom is 0.227 e. The second kappa shape index (κ2) is 10.2. The lowest BCUT2D eigenvalue weighted by atomic mass is 10.1. The number of amides is 1. The third kappa shape index (κ3) is 4.86. The second-order valence-corrected chi connectivity index (χ2v) is 9.71. The molecular weight excluding hydrogens is 450 g/mol. The molecule has 1 aliphatic rings. The molecule has 1 aromatic heterocycles. The molecule has 0 aliphatic carbocycles. The largest absolute Gasteiger partial charge is 0.491 e. The molecule has 0 saturated carbocycles. The van der Waals surface area contributed by atoms with E-state index in [1.807, 2.05) is 66.4 Å². The van der Waals surface area contributed by atoms with Gasteiger partial charge < -0.3 is 19.3 Å². The summed E-state index contributed by atoms with van der Waals surface area (Å²) < 4.78 is 7.96. The molecular formula is C30H33N3O3. The molecule has 0 unspecified atom stereocenters. The van der Waals surface area contributed by atoms with Crippen LogP contribution in [0.3, 0.4) is 0 Å². The van der Waals surface area contributed by atoms with Crippen LogP contribution in [0.15, 0.2) is 66.7 Å². The third-order valence-electron chi connectivity index (χ3n) is 7.14. The number of carbonyl (C=O) groups excluding carboxylic acids is 1. The van der Waals surface area contributed by atoms with Crippen molar-refractivity contribution < 1.29 is 14.6 Å². The predicted octanol–water partition coefficient (Wildman–Crippen LogP) is 5.18. The smallest absolute Gasteiger partial charge is 0.227 e. The molecule has 3 aromatic carbocycles. The fraction of sp³-hybridized carbons (Fsp3) is 0.333. The molecule has 2 atom stereocenters. The van der Waals surface area contributed by atoms with E-state index in [0.29, 0.717) is 19.5 Å².